The predicted molar refractivity (Wildman–Crippen MR) is 215 cm³/mol. The Morgan fingerprint density at radius 1 is 0.580 bits per heavy atom. The van der Waals surface area contributed by atoms with Crippen LogP contribution in [0.1, 0.15) is 188 Å². The second-order valence-electron chi connectivity index (χ2n) is 14.4. The molecule has 0 aromatic carbocycles. The van der Waals surface area contributed by atoms with Gasteiger partial charge in [0.1, 0.15) is 12.7 Å². The van der Waals surface area contributed by atoms with E-state index >= 15 is 0 Å². The van der Waals surface area contributed by atoms with Gasteiger partial charge in [-0.1, -0.05) is 135 Å². The van der Waals surface area contributed by atoms with E-state index in [4.69, 9.17) is 9.47 Å². The van der Waals surface area contributed by atoms with Gasteiger partial charge in [0.25, 0.3) is 5.24 Å². The molecule has 0 bridgehead atoms. The average molecular weight is 725 g/mol. The Labute approximate surface area is 313 Å². The van der Waals surface area contributed by atoms with Crippen LogP contribution in [0, 0.1) is 0 Å². The predicted octanol–water partition coefficient (Wildman–Crippen LogP) is 11.9. The van der Waals surface area contributed by atoms with Gasteiger partial charge in [0.15, 0.2) is 0 Å². The number of nitrogens with zero attached hydrogens (tertiary/aromatic N) is 2. The highest BCUT2D eigenvalue weighted by molar-refractivity contribution is 8.13. The van der Waals surface area contributed by atoms with Crippen LogP contribution in [0.3, 0.4) is 0 Å². The second kappa shape index (κ2) is 37.2. The zero-order valence-corrected chi connectivity index (χ0v) is 34.3. The van der Waals surface area contributed by atoms with Crippen molar-refractivity contribution in [3.05, 3.63) is 12.2 Å². The largest absolute Gasteiger partial charge is 0.462 e. The molecule has 0 aliphatic carbocycles. The van der Waals surface area contributed by atoms with Crippen molar-refractivity contribution < 1.29 is 23.9 Å². The van der Waals surface area contributed by atoms with Crippen LogP contribution in [-0.4, -0.2) is 79.2 Å². The summed E-state index contributed by atoms with van der Waals surface area (Å²) in [5, 5.41) is 0.128. The maximum absolute atomic E-state index is 13.1. The molecule has 294 valence electrons. The number of thioether (sulfide) groups is 1. The monoisotopic (exact) mass is 725 g/mol. The molecule has 0 atom stereocenters. The van der Waals surface area contributed by atoms with Crippen LogP contribution >= 0.6 is 11.8 Å². The van der Waals surface area contributed by atoms with Gasteiger partial charge < -0.3 is 19.3 Å². The van der Waals surface area contributed by atoms with Gasteiger partial charge in [-0.15, -0.1) is 0 Å². The van der Waals surface area contributed by atoms with Gasteiger partial charge >= 0.3 is 11.9 Å². The number of amides is 1. The summed E-state index contributed by atoms with van der Waals surface area (Å²) in [4.78, 5) is 42.0. The number of allylic oxidation sites excluding steroid dienone is 1. The first kappa shape index (κ1) is 48.5. The Morgan fingerprint density at radius 2 is 1.08 bits per heavy atom. The van der Waals surface area contributed by atoms with Crippen molar-refractivity contribution in [2.45, 2.75) is 194 Å². The van der Waals surface area contributed by atoms with Crippen molar-refractivity contribution in [2.24, 2.45) is 0 Å². The fourth-order valence-corrected chi connectivity index (χ4v) is 6.92. The summed E-state index contributed by atoms with van der Waals surface area (Å²) in [5.74, 6) is 0.567. The molecule has 0 saturated carbocycles. The average Bonchev–Trinajstić information content (AvgIpc) is 3.09. The zero-order valence-electron chi connectivity index (χ0n) is 33.5. The Kier molecular flexibility index (Phi) is 36.1. The number of ether oxygens (including phenoxy) is 2. The molecule has 0 aromatic rings. The number of rotatable bonds is 36. The molecule has 50 heavy (non-hydrogen) atoms. The maximum atomic E-state index is 13.1. The quantitative estimate of drug-likeness (QED) is 0.0362. The van der Waals surface area contributed by atoms with Gasteiger partial charge in [-0.3, -0.25) is 14.4 Å². The molecule has 0 N–H and O–H groups in total. The molecule has 0 aliphatic rings. The number of hydrogen-bond acceptors (Lipinski definition) is 7. The molecule has 0 rings (SSSR count). The smallest absolute Gasteiger partial charge is 0.306 e. The molecule has 0 saturated heterocycles. The summed E-state index contributed by atoms with van der Waals surface area (Å²) in [7, 11) is 4.04. The second-order valence-corrected chi connectivity index (χ2v) is 15.4. The number of unbranched alkanes of at least 4 members (excludes halogenated alkanes) is 17. The Bertz CT molecular complexity index is 806. The lowest BCUT2D eigenvalue weighted by atomic mass is 10.0. The number of carbonyl (C=O) groups is 3. The van der Waals surface area contributed by atoms with Crippen LogP contribution in [0.4, 0.5) is 4.79 Å². The van der Waals surface area contributed by atoms with Gasteiger partial charge in [-0.25, -0.2) is 0 Å². The molecule has 1 amide bonds. The molecule has 0 heterocycles. The molecule has 0 spiro atoms. The number of esters is 2. The van der Waals surface area contributed by atoms with E-state index in [0.29, 0.717) is 32.5 Å². The van der Waals surface area contributed by atoms with Gasteiger partial charge in [0.2, 0.25) is 0 Å². The highest BCUT2D eigenvalue weighted by Gasteiger charge is 2.16. The van der Waals surface area contributed by atoms with E-state index in [1.165, 1.54) is 95.2 Å². The van der Waals surface area contributed by atoms with E-state index in [9.17, 15) is 14.4 Å². The van der Waals surface area contributed by atoms with Gasteiger partial charge in [0, 0.05) is 38.2 Å². The minimum absolute atomic E-state index is 0.0549. The Morgan fingerprint density at radius 3 is 1.64 bits per heavy atom. The standard InChI is InChI=1S/C42H80N2O5S/c1-6-9-12-15-18-23-30-39(31-24-19-16-13-10-7-2)49-41(46)33-26-22-28-35-44(42(47)50-38-36-43(4)5)34-27-21-25-32-40(45)48-37-29-20-17-14-11-8-3/h20,29,39H,6-19,21-28,30-38H2,1-5H3/b29-20-. The van der Waals surface area contributed by atoms with Crippen LogP contribution in [0.15, 0.2) is 12.2 Å². The van der Waals surface area contributed by atoms with Crippen LogP contribution in [0.25, 0.3) is 0 Å². The maximum Gasteiger partial charge on any atom is 0.306 e. The summed E-state index contributed by atoms with van der Waals surface area (Å²) < 4.78 is 11.4. The third kappa shape index (κ3) is 33.6. The normalized spacial score (nSPS) is 11.6. The molecule has 0 aliphatic heterocycles. The lowest BCUT2D eigenvalue weighted by molar-refractivity contribution is -0.150. The lowest BCUT2D eigenvalue weighted by Gasteiger charge is -2.23. The molecule has 0 aromatic heterocycles. The van der Waals surface area contributed by atoms with Crippen LogP contribution in [-0.2, 0) is 19.1 Å². The van der Waals surface area contributed by atoms with Gasteiger partial charge in [0.05, 0.1) is 0 Å². The first-order valence-electron chi connectivity index (χ1n) is 20.9. The van der Waals surface area contributed by atoms with Crippen LogP contribution < -0.4 is 0 Å². The summed E-state index contributed by atoms with van der Waals surface area (Å²) in [5.41, 5.74) is 0. The Balaban J connectivity index is 4.56. The summed E-state index contributed by atoms with van der Waals surface area (Å²) in [6.45, 7) is 9.31. The van der Waals surface area contributed by atoms with Crippen LogP contribution in [0.2, 0.25) is 0 Å². The molecule has 0 fully saturated rings. The van der Waals surface area contributed by atoms with E-state index < -0.39 is 0 Å². The minimum atomic E-state index is -0.148. The lowest BCUT2D eigenvalue weighted by Crippen LogP contribution is -2.31. The van der Waals surface area contributed by atoms with Crippen molar-refractivity contribution in [2.75, 3.05) is 46.1 Å². The molecule has 7 nitrogen and oxygen atoms in total. The molecule has 0 unspecified atom stereocenters. The fraction of sp³-hybridized carbons (Fsp3) is 0.881. The highest BCUT2D eigenvalue weighted by atomic mass is 32.2. The van der Waals surface area contributed by atoms with E-state index in [-0.39, 0.29) is 23.3 Å². The molecular formula is C42H80N2O5S. The van der Waals surface area contributed by atoms with Crippen molar-refractivity contribution in [1.29, 1.82) is 0 Å². The molecule has 0 radical (unpaired) electrons. The zero-order chi connectivity index (χ0) is 36.9. The topological polar surface area (TPSA) is 76.1 Å². The van der Waals surface area contributed by atoms with E-state index in [1.54, 1.807) is 0 Å². The van der Waals surface area contributed by atoms with Crippen molar-refractivity contribution >= 4 is 28.9 Å². The van der Waals surface area contributed by atoms with Gasteiger partial charge in [-0.05, 0) is 78.3 Å². The first-order valence-corrected chi connectivity index (χ1v) is 21.9. The van der Waals surface area contributed by atoms with Crippen LogP contribution in [0.5, 0.6) is 0 Å². The summed E-state index contributed by atoms with van der Waals surface area (Å²) in [6, 6.07) is 0. The van der Waals surface area contributed by atoms with E-state index in [2.05, 4.69) is 31.7 Å². The van der Waals surface area contributed by atoms with E-state index in [1.807, 2.05) is 25.1 Å². The third-order valence-corrected chi connectivity index (χ3v) is 10.1. The van der Waals surface area contributed by atoms with Crippen molar-refractivity contribution in [1.82, 2.24) is 9.80 Å². The van der Waals surface area contributed by atoms with Gasteiger partial charge in [-0.2, -0.15) is 0 Å². The fourth-order valence-electron chi connectivity index (χ4n) is 5.92. The molecular weight excluding hydrogens is 645 g/mol. The van der Waals surface area contributed by atoms with Crippen molar-refractivity contribution in [3.8, 4) is 0 Å². The van der Waals surface area contributed by atoms with E-state index in [0.717, 1.165) is 82.9 Å². The highest BCUT2D eigenvalue weighted by Crippen LogP contribution is 2.19. The number of carbonyl (C=O) groups excluding carboxylic acids is 3. The SMILES string of the molecule is CCCCC/C=C\COC(=O)CCCCCN(CCCCCC(=O)OC(CCCCCCCC)CCCCCCCC)C(=O)SCCN(C)C. The third-order valence-electron chi connectivity index (χ3n) is 9.18. The number of hydrogen-bond donors (Lipinski definition) is 0. The Hall–Kier alpha value is -1.54. The summed E-state index contributed by atoms with van der Waals surface area (Å²) in [6.07, 6.45) is 31.8. The van der Waals surface area contributed by atoms with Crippen molar-refractivity contribution in [3.63, 3.8) is 0 Å². The minimum Gasteiger partial charge on any atom is -0.462 e. The molecule has 8 heteroatoms. The summed E-state index contributed by atoms with van der Waals surface area (Å²) >= 11 is 1.39. The first-order chi connectivity index (χ1) is 24.3.